The minimum Gasteiger partial charge on any atom is -0.396 e. The molecule has 3 heteroatoms. The van der Waals surface area contributed by atoms with E-state index in [1.807, 2.05) is 24.3 Å². The lowest BCUT2D eigenvalue weighted by Crippen LogP contribution is -2.28. The predicted molar refractivity (Wildman–Crippen MR) is 62.0 cm³/mol. The van der Waals surface area contributed by atoms with E-state index >= 15 is 0 Å². The van der Waals surface area contributed by atoms with Gasteiger partial charge in [0.05, 0.1) is 6.61 Å². The lowest BCUT2D eigenvalue weighted by molar-refractivity contribution is 0.198. The van der Waals surface area contributed by atoms with Crippen LogP contribution in [-0.2, 0) is 5.41 Å². The van der Waals surface area contributed by atoms with Crippen molar-refractivity contribution >= 4 is 11.6 Å². The molecule has 0 heterocycles. The molecule has 2 unspecified atom stereocenters. The van der Waals surface area contributed by atoms with Crippen LogP contribution in [0.25, 0.3) is 0 Å². The summed E-state index contributed by atoms with van der Waals surface area (Å²) >= 11 is 6.17. The van der Waals surface area contributed by atoms with Crippen LogP contribution in [0.4, 0.5) is 0 Å². The number of rotatable bonds is 3. The van der Waals surface area contributed by atoms with Crippen LogP contribution >= 0.6 is 11.6 Å². The number of hydrogen-bond donors (Lipinski definition) is 2. The summed E-state index contributed by atoms with van der Waals surface area (Å²) in [6, 6.07) is 7.80. The van der Waals surface area contributed by atoms with Crippen molar-refractivity contribution in [1.29, 1.82) is 0 Å². The van der Waals surface area contributed by atoms with Crippen molar-refractivity contribution in [3.8, 4) is 0 Å². The van der Waals surface area contributed by atoms with Crippen LogP contribution in [0.2, 0.25) is 5.02 Å². The Balaban J connectivity index is 2.38. The molecule has 1 aromatic carbocycles. The van der Waals surface area contributed by atoms with Crippen LogP contribution in [0.15, 0.2) is 24.3 Å². The molecule has 0 saturated heterocycles. The van der Waals surface area contributed by atoms with Gasteiger partial charge in [-0.25, -0.2) is 0 Å². The highest BCUT2D eigenvalue weighted by Crippen LogP contribution is 2.64. The first kappa shape index (κ1) is 10.9. The third kappa shape index (κ3) is 1.40. The second-order valence-corrected chi connectivity index (χ2v) is 5.04. The van der Waals surface area contributed by atoms with Crippen LogP contribution in [0.1, 0.15) is 18.9 Å². The molecule has 0 aliphatic heterocycles. The highest BCUT2D eigenvalue weighted by Gasteiger charge is 2.64. The minimum absolute atomic E-state index is 0.0607. The van der Waals surface area contributed by atoms with E-state index in [1.165, 1.54) is 0 Å². The average molecular weight is 226 g/mol. The molecule has 0 bridgehead atoms. The Morgan fingerprint density at radius 2 is 2.13 bits per heavy atom. The maximum Gasteiger partial charge on any atom is 0.0508 e. The van der Waals surface area contributed by atoms with Crippen LogP contribution in [0.5, 0.6) is 0 Å². The smallest absolute Gasteiger partial charge is 0.0508 e. The number of nitrogens with two attached hydrogens (primary N) is 1. The number of aliphatic hydroxyl groups is 1. The SMILES string of the molecule is CC1(c2ccccc2Cl)CC1(CN)CO. The number of hydrogen-bond acceptors (Lipinski definition) is 2. The van der Waals surface area contributed by atoms with Gasteiger partial charge in [0, 0.05) is 22.4 Å². The molecule has 0 radical (unpaired) electrons. The standard InChI is InChI=1S/C12H16ClNO/c1-11(6-12(11,7-14)8-15)9-4-2-3-5-10(9)13/h2-5,15H,6-8,14H2,1H3. The fraction of sp³-hybridized carbons (Fsp3) is 0.500. The molecule has 82 valence electrons. The van der Waals surface area contributed by atoms with E-state index in [9.17, 15) is 5.11 Å². The topological polar surface area (TPSA) is 46.2 Å². The summed E-state index contributed by atoms with van der Waals surface area (Å²) < 4.78 is 0. The monoisotopic (exact) mass is 225 g/mol. The van der Waals surface area contributed by atoms with Gasteiger partial charge in [-0.3, -0.25) is 0 Å². The summed E-state index contributed by atoms with van der Waals surface area (Å²) in [6.45, 7) is 2.76. The average Bonchev–Trinajstić information content (AvgIpc) is 2.87. The summed E-state index contributed by atoms with van der Waals surface area (Å²) in [5.41, 5.74) is 6.61. The molecule has 1 fully saturated rings. The second-order valence-electron chi connectivity index (χ2n) is 4.63. The van der Waals surface area contributed by atoms with E-state index in [2.05, 4.69) is 6.92 Å². The van der Waals surface area contributed by atoms with Gasteiger partial charge in [-0.05, 0) is 18.1 Å². The molecule has 2 rings (SSSR count). The third-order valence-corrected chi connectivity index (χ3v) is 4.23. The zero-order chi connectivity index (χ0) is 11.1. The molecule has 1 saturated carbocycles. The van der Waals surface area contributed by atoms with Gasteiger partial charge in [-0.2, -0.15) is 0 Å². The number of benzene rings is 1. The van der Waals surface area contributed by atoms with Gasteiger partial charge in [-0.1, -0.05) is 36.7 Å². The van der Waals surface area contributed by atoms with Crippen LogP contribution in [0.3, 0.4) is 0 Å². The number of aliphatic hydroxyl groups excluding tert-OH is 1. The van der Waals surface area contributed by atoms with Gasteiger partial charge < -0.3 is 10.8 Å². The molecular formula is C12H16ClNO. The molecule has 0 spiro atoms. The largest absolute Gasteiger partial charge is 0.396 e. The lowest BCUT2D eigenvalue weighted by atomic mass is 9.88. The summed E-state index contributed by atoms with van der Waals surface area (Å²) in [5, 5.41) is 10.2. The maximum atomic E-state index is 9.42. The van der Waals surface area contributed by atoms with E-state index in [4.69, 9.17) is 17.3 Å². The highest BCUT2D eigenvalue weighted by atomic mass is 35.5. The Hall–Kier alpha value is -0.570. The van der Waals surface area contributed by atoms with Crippen molar-refractivity contribution in [1.82, 2.24) is 0 Å². The molecule has 15 heavy (non-hydrogen) atoms. The Morgan fingerprint density at radius 1 is 1.47 bits per heavy atom. The fourth-order valence-corrected chi connectivity index (χ4v) is 2.86. The van der Waals surface area contributed by atoms with Crippen LogP contribution in [-0.4, -0.2) is 18.3 Å². The summed E-state index contributed by atoms with van der Waals surface area (Å²) in [4.78, 5) is 0. The van der Waals surface area contributed by atoms with Crippen molar-refractivity contribution in [2.45, 2.75) is 18.8 Å². The van der Waals surface area contributed by atoms with E-state index in [1.54, 1.807) is 0 Å². The first-order valence-electron chi connectivity index (χ1n) is 5.16. The number of halogens is 1. The van der Waals surface area contributed by atoms with Gasteiger partial charge in [0.2, 0.25) is 0 Å². The Labute approximate surface area is 95.1 Å². The molecule has 2 atom stereocenters. The first-order valence-corrected chi connectivity index (χ1v) is 5.53. The summed E-state index contributed by atoms with van der Waals surface area (Å²) in [5.74, 6) is 0. The minimum atomic E-state index is -0.169. The van der Waals surface area contributed by atoms with E-state index in [-0.39, 0.29) is 17.4 Å². The molecule has 2 nitrogen and oxygen atoms in total. The second kappa shape index (κ2) is 3.48. The molecule has 0 aromatic heterocycles. The molecule has 1 aliphatic carbocycles. The van der Waals surface area contributed by atoms with Gasteiger partial charge >= 0.3 is 0 Å². The molecule has 1 aromatic rings. The van der Waals surface area contributed by atoms with Crippen molar-refractivity contribution in [3.05, 3.63) is 34.9 Å². The highest BCUT2D eigenvalue weighted by molar-refractivity contribution is 6.31. The summed E-state index contributed by atoms with van der Waals surface area (Å²) in [7, 11) is 0. The van der Waals surface area contributed by atoms with Crippen molar-refractivity contribution in [2.24, 2.45) is 11.1 Å². The van der Waals surface area contributed by atoms with E-state index in [0.29, 0.717) is 6.54 Å². The lowest BCUT2D eigenvalue weighted by Gasteiger charge is -2.20. The van der Waals surface area contributed by atoms with Crippen molar-refractivity contribution in [2.75, 3.05) is 13.2 Å². The summed E-state index contributed by atoms with van der Waals surface area (Å²) in [6.07, 6.45) is 0.913. The quantitative estimate of drug-likeness (QED) is 0.826. The van der Waals surface area contributed by atoms with Crippen molar-refractivity contribution < 1.29 is 5.11 Å². The van der Waals surface area contributed by atoms with Gasteiger partial charge in [0.1, 0.15) is 0 Å². The van der Waals surface area contributed by atoms with Crippen LogP contribution in [0, 0.1) is 5.41 Å². The van der Waals surface area contributed by atoms with E-state index < -0.39 is 0 Å². The maximum absolute atomic E-state index is 9.42. The fourth-order valence-electron chi connectivity index (χ4n) is 2.51. The molecule has 0 amide bonds. The van der Waals surface area contributed by atoms with Gasteiger partial charge in [-0.15, -0.1) is 0 Å². The Kier molecular flexibility index (Phi) is 2.53. The van der Waals surface area contributed by atoms with Gasteiger partial charge in [0.15, 0.2) is 0 Å². The Morgan fingerprint density at radius 3 is 2.60 bits per heavy atom. The molecule has 1 aliphatic rings. The van der Waals surface area contributed by atoms with Gasteiger partial charge in [0.25, 0.3) is 0 Å². The molecule has 3 N–H and O–H groups in total. The first-order chi connectivity index (χ1) is 7.09. The zero-order valence-electron chi connectivity index (χ0n) is 8.83. The van der Waals surface area contributed by atoms with E-state index in [0.717, 1.165) is 17.0 Å². The van der Waals surface area contributed by atoms with Crippen molar-refractivity contribution in [3.63, 3.8) is 0 Å². The predicted octanol–water partition coefficient (Wildman–Crippen LogP) is 1.94. The Bertz CT molecular complexity index is 376. The normalized spacial score (nSPS) is 34.1. The van der Waals surface area contributed by atoms with Crippen LogP contribution < -0.4 is 5.73 Å². The third-order valence-electron chi connectivity index (χ3n) is 3.90. The molecular weight excluding hydrogens is 210 g/mol. The zero-order valence-corrected chi connectivity index (χ0v) is 9.59.